The number of pyridine rings is 1. The summed E-state index contributed by atoms with van der Waals surface area (Å²) in [5.41, 5.74) is 0.903. The molecular weight excluding hydrogens is 299 g/mol. The standard InChI is InChI=1S/C16H13FN4O2/c17-12-8-11(9-18-15(12)22)21-16(23)20-13(6-7-14(20)19-21)10-4-2-1-3-5-10/h1-5,8-9,13H,6-7H2,(H,18,22). The third-order valence-corrected chi connectivity index (χ3v) is 4.07. The molecule has 3 heterocycles. The maximum absolute atomic E-state index is 13.5. The molecule has 1 unspecified atom stereocenters. The van der Waals surface area contributed by atoms with Gasteiger partial charge in [-0.3, -0.25) is 4.57 Å². The highest BCUT2D eigenvalue weighted by molar-refractivity contribution is 5.32. The van der Waals surface area contributed by atoms with Crippen LogP contribution >= 0.6 is 0 Å². The Balaban J connectivity index is 1.82. The molecule has 0 radical (unpaired) electrons. The normalized spacial score (nSPS) is 16.5. The van der Waals surface area contributed by atoms with Gasteiger partial charge in [0.2, 0.25) is 5.88 Å². The van der Waals surface area contributed by atoms with Crippen molar-refractivity contribution in [3.05, 3.63) is 70.3 Å². The Morgan fingerprint density at radius 1 is 1.26 bits per heavy atom. The highest BCUT2D eigenvalue weighted by atomic mass is 19.1. The van der Waals surface area contributed by atoms with Crippen LogP contribution in [0.2, 0.25) is 0 Å². The quantitative estimate of drug-likeness (QED) is 0.783. The Bertz CT molecular complexity index is 933. The van der Waals surface area contributed by atoms with Crippen LogP contribution in [0, 0.1) is 5.82 Å². The molecule has 0 amide bonds. The molecular formula is C16H13FN4O2. The van der Waals surface area contributed by atoms with Crippen molar-refractivity contribution in [2.24, 2.45) is 0 Å². The van der Waals surface area contributed by atoms with E-state index < -0.39 is 11.7 Å². The summed E-state index contributed by atoms with van der Waals surface area (Å²) in [6, 6.07) is 10.7. The Hall–Kier alpha value is -2.96. The van der Waals surface area contributed by atoms with E-state index in [1.54, 1.807) is 4.57 Å². The van der Waals surface area contributed by atoms with Gasteiger partial charge in [0.05, 0.1) is 17.9 Å². The number of hydrogen-bond donors (Lipinski definition) is 1. The fraction of sp³-hybridized carbons (Fsp3) is 0.188. The van der Waals surface area contributed by atoms with Gasteiger partial charge in [0.15, 0.2) is 5.82 Å². The highest BCUT2D eigenvalue weighted by Gasteiger charge is 2.29. The van der Waals surface area contributed by atoms with E-state index in [1.807, 2.05) is 30.3 Å². The van der Waals surface area contributed by atoms with Crippen molar-refractivity contribution in [2.75, 3.05) is 0 Å². The van der Waals surface area contributed by atoms with E-state index >= 15 is 0 Å². The molecule has 23 heavy (non-hydrogen) atoms. The lowest BCUT2D eigenvalue weighted by atomic mass is 10.1. The lowest BCUT2D eigenvalue weighted by Gasteiger charge is -2.11. The molecule has 1 N–H and O–H groups in total. The first-order valence-electron chi connectivity index (χ1n) is 7.25. The summed E-state index contributed by atoms with van der Waals surface area (Å²) >= 11 is 0. The molecule has 0 aliphatic carbocycles. The topological polar surface area (TPSA) is 72.9 Å². The molecule has 7 heteroatoms. The van der Waals surface area contributed by atoms with Crippen molar-refractivity contribution >= 4 is 0 Å². The van der Waals surface area contributed by atoms with E-state index in [0.717, 1.165) is 22.7 Å². The van der Waals surface area contributed by atoms with Crippen LogP contribution in [0.15, 0.2) is 47.4 Å². The molecule has 116 valence electrons. The molecule has 2 aromatic heterocycles. The zero-order valence-corrected chi connectivity index (χ0v) is 12.1. The summed E-state index contributed by atoms with van der Waals surface area (Å²) in [5, 5.41) is 13.5. The highest BCUT2D eigenvalue weighted by Crippen LogP contribution is 2.29. The zero-order valence-electron chi connectivity index (χ0n) is 12.1. The molecule has 6 nitrogen and oxygen atoms in total. The minimum absolute atomic E-state index is 0.0672. The summed E-state index contributed by atoms with van der Waals surface area (Å²) in [5.74, 6) is -0.921. The molecule has 4 rings (SSSR count). The second-order valence-corrected chi connectivity index (χ2v) is 5.44. The van der Waals surface area contributed by atoms with Crippen LogP contribution < -0.4 is 5.69 Å². The van der Waals surface area contributed by atoms with Gasteiger partial charge in [-0.05, 0) is 12.0 Å². The smallest absolute Gasteiger partial charge is 0.351 e. The molecule has 0 bridgehead atoms. The van der Waals surface area contributed by atoms with Gasteiger partial charge in [-0.1, -0.05) is 30.3 Å². The predicted octanol–water partition coefficient (Wildman–Crippen LogP) is 1.81. The van der Waals surface area contributed by atoms with Crippen LogP contribution in [0.5, 0.6) is 5.88 Å². The monoisotopic (exact) mass is 312 g/mol. The number of aromatic nitrogens is 4. The van der Waals surface area contributed by atoms with Crippen LogP contribution in [0.1, 0.15) is 23.9 Å². The van der Waals surface area contributed by atoms with Crippen molar-refractivity contribution in [2.45, 2.75) is 18.9 Å². The number of fused-ring (bicyclic) bond motifs is 1. The lowest BCUT2D eigenvalue weighted by molar-refractivity contribution is 0.410. The van der Waals surface area contributed by atoms with Gasteiger partial charge in [-0.15, -0.1) is 5.10 Å². The van der Waals surface area contributed by atoms with E-state index in [-0.39, 0.29) is 17.4 Å². The molecule has 1 aliphatic heterocycles. The second-order valence-electron chi connectivity index (χ2n) is 5.44. The Labute approximate surface area is 130 Å². The summed E-state index contributed by atoms with van der Waals surface area (Å²) in [4.78, 5) is 16.2. The van der Waals surface area contributed by atoms with Gasteiger partial charge in [0, 0.05) is 12.5 Å². The van der Waals surface area contributed by atoms with Gasteiger partial charge in [0.25, 0.3) is 0 Å². The SMILES string of the molecule is O=c1n(-c2cnc(O)c(F)c2)nc2n1C(c1ccccc1)CC2. The summed E-state index contributed by atoms with van der Waals surface area (Å²) < 4.78 is 16.2. The van der Waals surface area contributed by atoms with Gasteiger partial charge in [0.1, 0.15) is 5.82 Å². The molecule has 0 saturated carbocycles. The average molecular weight is 312 g/mol. The third-order valence-electron chi connectivity index (χ3n) is 4.07. The van der Waals surface area contributed by atoms with Crippen LogP contribution in [-0.2, 0) is 6.42 Å². The summed E-state index contributed by atoms with van der Waals surface area (Å²) in [7, 11) is 0. The van der Waals surface area contributed by atoms with Gasteiger partial charge < -0.3 is 5.11 Å². The van der Waals surface area contributed by atoms with Gasteiger partial charge in [-0.25, -0.2) is 14.2 Å². The number of nitrogens with zero attached hydrogens (tertiary/aromatic N) is 4. The second kappa shape index (κ2) is 5.05. The Kier molecular flexibility index (Phi) is 3.00. The Morgan fingerprint density at radius 2 is 2.04 bits per heavy atom. The van der Waals surface area contributed by atoms with E-state index in [4.69, 9.17) is 5.11 Å². The van der Waals surface area contributed by atoms with E-state index in [1.165, 1.54) is 6.20 Å². The number of aromatic hydroxyl groups is 1. The van der Waals surface area contributed by atoms with Crippen molar-refractivity contribution in [1.29, 1.82) is 0 Å². The number of rotatable bonds is 2. The fourth-order valence-corrected chi connectivity index (χ4v) is 2.99. The molecule has 1 aliphatic rings. The van der Waals surface area contributed by atoms with Crippen LogP contribution in [0.3, 0.4) is 0 Å². The van der Waals surface area contributed by atoms with E-state index in [0.29, 0.717) is 12.2 Å². The molecule has 1 atom stereocenters. The Morgan fingerprint density at radius 3 is 2.78 bits per heavy atom. The minimum Gasteiger partial charge on any atom is -0.491 e. The first kappa shape index (κ1) is 13.7. The maximum atomic E-state index is 13.5. The third kappa shape index (κ3) is 2.12. The zero-order chi connectivity index (χ0) is 16.0. The summed E-state index contributed by atoms with van der Waals surface area (Å²) in [6.45, 7) is 0. The lowest BCUT2D eigenvalue weighted by Crippen LogP contribution is -2.26. The molecule has 0 fully saturated rings. The average Bonchev–Trinajstić information content (AvgIpc) is 3.12. The number of aryl methyl sites for hydroxylation is 1. The first-order chi connectivity index (χ1) is 11.1. The number of hydrogen-bond acceptors (Lipinski definition) is 4. The first-order valence-corrected chi connectivity index (χ1v) is 7.25. The van der Waals surface area contributed by atoms with Crippen molar-refractivity contribution in [3.8, 4) is 11.6 Å². The van der Waals surface area contributed by atoms with Gasteiger partial charge in [-0.2, -0.15) is 4.68 Å². The summed E-state index contributed by atoms with van der Waals surface area (Å²) in [6.07, 6.45) is 2.71. The maximum Gasteiger partial charge on any atom is 0.351 e. The van der Waals surface area contributed by atoms with Crippen LogP contribution in [-0.4, -0.2) is 24.4 Å². The number of benzene rings is 1. The predicted molar refractivity (Wildman–Crippen MR) is 80.1 cm³/mol. The molecule has 0 saturated heterocycles. The van der Waals surface area contributed by atoms with E-state index in [2.05, 4.69) is 10.1 Å². The van der Waals surface area contributed by atoms with E-state index in [9.17, 15) is 9.18 Å². The van der Waals surface area contributed by atoms with Gasteiger partial charge >= 0.3 is 5.69 Å². The van der Waals surface area contributed by atoms with Crippen molar-refractivity contribution in [3.63, 3.8) is 0 Å². The number of halogens is 1. The molecule has 1 aromatic carbocycles. The molecule has 0 spiro atoms. The van der Waals surface area contributed by atoms with Crippen LogP contribution in [0.25, 0.3) is 5.69 Å². The largest absolute Gasteiger partial charge is 0.491 e. The van der Waals surface area contributed by atoms with Crippen molar-refractivity contribution in [1.82, 2.24) is 19.3 Å². The molecule has 3 aromatic rings. The van der Waals surface area contributed by atoms with Crippen molar-refractivity contribution < 1.29 is 9.50 Å². The fourth-order valence-electron chi connectivity index (χ4n) is 2.99. The minimum atomic E-state index is -0.887. The van der Waals surface area contributed by atoms with Crippen LogP contribution in [0.4, 0.5) is 4.39 Å².